The minimum absolute atomic E-state index is 0.110. The molecule has 0 unspecified atom stereocenters. The highest BCUT2D eigenvalue weighted by atomic mass is 16.2. The maximum absolute atomic E-state index is 12.5. The van der Waals surface area contributed by atoms with Crippen LogP contribution in [-0.2, 0) is 0 Å². The van der Waals surface area contributed by atoms with E-state index in [1.54, 1.807) is 29.4 Å². The molecule has 4 aromatic rings. The van der Waals surface area contributed by atoms with Crippen molar-refractivity contribution >= 4 is 35.0 Å². The molecule has 2 amide bonds. The quantitative estimate of drug-likeness (QED) is 0.325. The Morgan fingerprint density at radius 2 is 1.61 bits per heavy atom. The molecular weight excluding hydrogens is 456 g/mol. The third-order valence-electron chi connectivity index (χ3n) is 5.46. The van der Waals surface area contributed by atoms with Crippen LogP contribution in [-0.4, -0.2) is 62.0 Å². The zero-order chi connectivity index (χ0) is 24.7. The smallest absolute Gasteiger partial charge is 0.321 e. The summed E-state index contributed by atoms with van der Waals surface area (Å²) in [6.07, 6.45) is 3.33. The largest absolute Gasteiger partial charge is 0.325 e. The third-order valence-corrected chi connectivity index (χ3v) is 5.46. The van der Waals surface area contributed by atoms with E-state index in [4.69, 9.17) is 0 Å². The number of hydrogen-bond acceptors (Lipinski definition) is 9. The summed E-state index contributed by atoms with van der Waals surface area (Å²) >= 11 is 0. The fourth-order valence-corrected chi connectivity index (χ4v) is 3.71. The lowest BCUT2D eigenvalue weighted by Gasteiger charge is -2.27. The van der Waals surface area contributed by atoms with E-state index in [1.165, 1.54) is 0 Å². The molecule has 0 spiro atoms. The van der Waals surface area contributed by atoms with Crippen molar-refractivity contribution in [3.05, 3.63) is 72.7 Å². The molecule has 11 heteroatoms. The van der Waals surface area contributed by atoms with Crippen molar-refractivity contribution in [1.82, 2.24) is 35.1 Å². The van der Waals surface area contributed by atoms with Crippen LogP contribution in [0, 0.1) is 6.92 Å². The first-order chi connectivity index (χ1) is 17.6. The van der Waals surface area contributed by atoms with Gasteiger partial charge in [-0.3, -0.25) is 0 Å². The van der Waals surface area contributed by atoms with Gasteiger partial charge in [-0.1, -0.05) is 12.1 Å². The van der Waals surface area contributed by atoms with Crippen LogP contribution in [0.4, 0.5) is 33.8 Å². The summed E-state index contributed by atoms with van der Waals surface area (Å²) in [7, 11) is 0. The number of amides is 2. The summed E-state index contributed by atoms with van der Waals surface area (Å²) in [5.74, 6) is 2.08. The van der Waals surface area contributed by atoms with Crippen LogP contribution in [0.1, 0.15) is 5.69 Å². The van der Waals surface area contributed by atoms with Crippen LogP contribution in [0.3, 0.4) is 0 Å². The summed E-state index contributed by atoms with van der Waals surface area (Å²) in [6.45, 7) is 4.91. The van der Waals surface area contributed by atoms with Crippen molar-refractivity contribution in [2.75, 3.05) is 42.1 Å². The van der Waals surface area contributed by atoms with E-state index in [-0.39, 0.29) is 6.03 Å². The van der Waals surface area contributed by atoms with E-state index in [0.29, 0.717) is 47.9 Å². The number of aromatic nitrogens is 5. The number of hydrogen-bond donors (Lipinski definition) is 4. The zero-order valence-corrected chi connectivity index (χ0v) is 19.8. The molecule has 1 fully saturated rings. The average Bonchev–Trinajstić information content (AvgIpc) is 2.90. The number of benzene rings is 1. The Labute approximate surface area is 208 Å². The van der Waals surface area contributed by atoms with E-state index in [1.807, 2.05) is 49.4 Å². The lowest BCUT2D eigenvalue weighted by molar-refractivity contribution is 0.204. The summed E-state index contributed by atoms with van der Waals surface area (Å²) in [4.78, 5) is 36.5. The van der Waals surface area contributed by atoms with Crippen molar-refractivity contribution in [3.8, 4) is 11.5 Å². The number of anilines is 5. The molecule has 0 saturated carbocycles. The number of carbonyl (C=O) groups is 1. The Hall–Kier alpha value is -4.64. The molecule has 1 aliphatic rings. The monoisotopic (exact) mass is 482 g/mol. The molecule has 36 heavy (non-hydrogen) atoms. The predicted octanol–water partition coefficient (Wildman–Crippen LogP) is 3.56. The fraction of sp³-hybridized carbons (Fsp3) is 0.200. The number of nitrogens with one attached hydrogen (secondary N) is 4. The topological polar surface area (TPSA) is 133 Å². The van der Waals surface area contributed by atoms with E-state index >= 15 is 0 Å². The van der Waals surface area contributed by atoms with Gasteiger partial charge in [0.05, 0.1) is 0 Å². The number of rotatable bonds is 6. The second kappa shape index (κ2) is 10.7. The normalized spacial score (nSPS) is 13.2. The van der Waals surface area contributed by atoms with Gasteiger partial charge in [-0.2, -0.15) is 4.98 Å². The third kappa shape index (κ3) is 5.88. The lowest BCUT2D eigenvalue weighted by atomic mass is 10.2. The number of aryl methyl sites for hydroxylation is 1. The summed E-state index contributed by atoms with van der Waals surface area (Å²) in [5.41, 5.74) is 3.04. The molecule has 0 aliphatic carbocycles. The van der Waals surface area contributed by atoms with E-state index in [2.05, 4.69) is 46.2 Å². The molecule has 0 bridgehead atoms. The molecule has 5 rings (SSSR count). The molecule has 3 aromatic heterocycles. The number of piperazine rings is 1. The summed E-state index contributed by atoms with van der Waals surface area (Å²) < 4.78 is 0. The van der Waals surface area contributed by atoms with E-state index in [9.17, 15) is 4.79 Å². The van der Waals surface area contributed by atoms with Gasteiger partial charge in [0.25, 0.3) is 0 Å². The Morgan fingerprint density at radius 1 is 0.861 bits per heavy atom. The predicted molar refractivity (Wildman–Crippen MR) is 139 cm³/mol. The van der Waals surface area contributed by atoms with Crippen molar-refractivity contribution in [2.24, 2.45) is 0 Å². The van der Waals surface area contributed by atoms with Crippen molar-refractivity contribution < 1.29 is 4.79 Å². The Kier molecular flexibility index (Phi) is 6.90. The van der Waals surface area contributed by atoms with E-state index in [0.717, 1.165) is 24.5 Å². The minimum Gasteiger partial charge on any atom is -0.325 e. The highest BCUT2D eigenvalue weighted by Gasteiger charge is 2.16. The molecular formula is C25H26N10O. The molecule has 1 aromatic carbocycles. The maximum atomic E-state index is 12.5. The summed E-state index contributed by atoms with van der Waals surface area (Å²) in [6, 6.07) is 16.6. The van der Waals surface area contributed by atoms with Crippen LogP contribution < -0.4 is 21.3 Å². The van der Waals surface area contributed by atoms with Gasteiger partial charge in [0.1, 0.15) is 17.3 Å². The van der Waals surface area contributed by atoms with Gasteiger partial charge in [-0.15, -0.1) is 0 Å². The molecule has 4 N–H and O–H groups in total. The molecule has 1 saturated heterocycles. The molecule has 0 atom stereocenters. The first kappa shape index (κ1) is 23.1. The minimum atomic E-state index is -0.110. The van der Waals surface area contributed by atoms with Crippen molar-refractivity contribution in [2.45, 2.75) is 6.92 Å². The van der Waals surface area contributed by atoms with Crippen LogP contribution in [0.5, 0.6) is 0 Å². The standard InChI is InChI=1S/C25H26N10O/c1-17-4-2-7-20(29-17)23-27-10-8-21(33-23)32-22-9-11-28-24(34-22)30-18-5-3-6-19(16-18)31-25(36)35-14-12-26-13-15-35/h2-11,16,26H,12-15H2,1H3,(H,31,36)(H2,27,28,30,32,33,34). The molecule has 0 radical (unpaired) electrons. The fourth-order valence-electron chi connectivity index (χ4n) is 3.71. The van der Waals surface area contributed by atoms with Gasteiger partial charge in [-0.05, 0) is 49.4 Å². The second-order valence-electron chi connectivity index (χ2n) is 8.19. The highest BCUT2D eigenvalue weighted by Crippen LogP contribution is 2.21. The Bertz CT molecular complexity index is 1360. The number of nitrogens with zero attached hydrogens (tertiary/aromatic N) is 6. The Morgan fingerprint density at radius 3 is 2.44 bits per heavy atom. The van der Waals surface area contributed by atoms with Gasteiger partial charge in [0.15, 0.2) is 5.82 Å². The molecule has 1 aliphatic heterocycles. The van der Waals surface area contributed by atoms with Gasteiger partial charge in [0.2, 0.25) is 5.95 Å². The number of carbonyl (C=O) groups excluding carboxylic acids is 1. The lowest BCUT2D eigenvalue weighted by Crippen LogP contribution is -2.48. The van der Waals surface area contributed by atoms with Crippen LogP contribution >= 0.6 is 0 Å². The first-order valence-corrected chi connectivity index (χ1v) is 11.6. The van der Waals surface area contributed by atoms with Gasteiger partial charge >= 0.3 is 6.03 Å². The van der Waals surface area contributed by atoms with Gasteiger partial charge < -0.3 is 26.2 Å². The highest BCUT2D eigenvalue weighted by molar-refractivity contribution is 5.90. The first-order valence-electron chi connectivity index (χ1n) is 11.6. The van der Waals surface area contributed by atoms with Gasteiger partial charge in [-0.25, -0.2) is 24.7 Å². The SMILES string of the molecule is Cc1cccc(-c2nccc(Nc3ccnc(Nc4cccc(NC(=O)N5CCNCC5)c4)n3)n2)n1. The second-order valence-corrected chi connectivity index (χ2v) is 8.19. The van der Waals surface area contributed by atoms with E-state index < -0.39 is 0 Å². The van der Waals surface area contributed by atoms with Crippen LogP contribution in [0.15, 0.2) is 67.0 Å². The van der Waals surface area contributed by atoms with Gasteiger partial charge in [0, 0.05) is 55.6 Å². The number of urea groups is 1. The average molecular weight is 483 g/mol. The van der Waals surface area contributed by atoms with Crippen LogP contribution in [0.25, 0.3) is 11.5 Å². The maximum Gasteiger partial charge on any atom is 0.321 e. The zero-order valence-electron chi connectivity index (χ0n) is 19.8. The summed E-state index contributed by atoms with van der Waals surface area (Å²) in [5, 5.41) is 12.6. The molecule has 182 valence electrons. The van der Waals surface area contributed by atoms with Crippen molar-refractivity contribution in [3.63, 3.8) is 0 Å². The van der Waals surface area contributed by atoms with Crippen molar-refractivity contribution in [1.29, 1.82) is 0 Å². The Balaban J connectivity index is 1.26. The molecule has 11 nitrogen and oxygen atoms in total. The molecule has 4 heterocycles. The van der Waals surface area contributed by atoms with Crippen LogP contribution in [0.2, 0.25) is 0 Å². The number of pyridine rings is 1.